The van der Waals surface area contributed by atoms with Crippen molar-refractivity contribution in [2.45, 2.75) is 0 Å². The number of methoxy groups -OCH3 is 2. The summed E-state index contributed by atoms with van der Waals surface area (Å²) in [5.41, 5.74) is 4.89. The van der Waals surface area contributed by atoms with Gasteiger partial charge in [-0.05, 0) is 24.3 Å². The van der Waals surface area contributed by atoms with E-state index in [0.717, 1.165) is 22.4 Å². The first-order valence-corrected chi connectivity index (χ1v) is 11.5. The van der Waals surface area contributed by atoms with Crippen LogP contribution < -0.4 is 9.47 Å². The molecule has 0 bridgehead atoms. The van der Waals surface area contributed by atoms with Crippen molar-refractivity contribution in [2.75, 3.05) is 14.2 Å². The van der Waals surface area contributed by atoms with Gasteiger partial charge in [-0.25, -0.2) is 9.67 Å². The van der Waals surface area contributed by atoms with E-state index in [1.807, 2.05) is 84.2 Å². The number of hydrogen-bond donors (Lipinski definition) is 0. The number of aromatic nitrogens is 3. The van der Waals surface area contributed by atoms with Crippen LogP contribution in [0.15, 0.2) is 84.2 Å². The van der Waals surface area contributed by atoms with Crippen LogP contribution >= 0.6 is 22.9 Å². The quantitative estimate of drug-likeness (QED) is 0.266. The summed E-state index contributed by atoms with van der Waals surface area (Å²) in [4.78, 5) is 4.87. The molecule has 3 aromatic carbocycles. The summed E-state index contributed by atoms with van der Waals surface area (Å²) in [7, 11) is 3.28. The van der Waals surface area contributed by atoms with Gasteiger partial charge in [-0.3, -0.25) is 0 Å². The molecule has 164 valence electrons. The molecule has 0 amide bonds. The van der Waals surface area contributed by atoms with Crippen molar-refractivity contribution in [1.29, 1.82) is 0 Å². The highest BCUT2D eigenvalue weighted by molar-refractivity contribution is 7.12. The van der Waals surface area contributed by atoms with Gasteiger partial charge in [0.15, 0.2) is 0 Å². The lowest BCUT2D eigenvalue weighted by atomic mass is 10.1. The van der Waals surface area contributed by atoms with Crippen LogP contribution in [0.25, 0.3) is 38.9 Å². The first-order valence-electron chi connectivity index (χ1n) is 10.3. The van der Waals surface area contributed by atoms with Crippen LogP contribution in [0.3, 0.4) is 0 Å². The molecule has 5 aromatic rings. The summed E-state index contributed by atoms with van der Waals surface area (Å²) in [5, 5.41) is 8.14. The number of halogens is 1. The number of ether oxygens (including phenoxy) is 2. The number of para-hydroxylation sites is 2. The molecule has 0 saturated heterocycles. The predicted molar refractivity (Wildman–Crippen MR) is 134 cm³/mol. The Morgan fingerprint density at radius 1 is 0.788 bits per heavy atom. The van der Waals surface area contributed by atoms with E-state index >= 15 is 0 Å². The van der Waals surface area contributed by atoms with Gasteiger partial charge in [0.2, 0.25) is 5.13 Å². The van der Waals surface area contributed by atoms with Crippen molar-refractivity contribution in [3.63, 3.8) is 0 Å². The van der Waals surface area contributed by atoms with E-state index in [1.54, 1.807) is 18.9 Å². The molecule has 7 heteroatoms. The van der Waals surface area contributed by atoms with Gasteiger partial charge >= 0.3 is 0 Å². The molecule has 0 radical (unpaired) electrons. The molecule has 5 nitrogen and oxygen atoms in total. The largest absolute Gasteiger partial charge is 0.496 e. The first kappa shape index (κ1) is 21.2. The molecule has 0 saturated carbocycles. The van der Waals surface area contributed by atoms with Crippen LogP contribution in [0, 0.1) is 0 Å². The maximum Gasteiger partial charge on any atom is 0.211 e. The zero-order valence-electron chi connectivity index (χ0n) is 18.0. The van der Waals surface area contributed by atoms with Gasteiger partial charge in [0.05, 0.1) is 30.6 Å². The van der Waals surface area contributed by atoms with Crippen LogP contribution in [0.2, 0.25) is 5.02 Å². The third kappa shape index (κ3) is 3.88. The molecule has 0 N–H and O–H groups in total. The van der Waals surface area contributed by atoms with Crippen LogP contribution in [0.1, 0.15) is 0 Å². The Balaban J connectivity index is 1.75. The Labute approximate surface area is 200 Å². The average molecular weight is 474 g/mol. The van der Waals surface area contributed by atoms with Crippen LogP contribution in [-0.4, -0.2) is 29.0 Å². The second-order valence-electron chi connectivity index (χ2n) is 7.20. The Morgan fingerprint density at radius 3 is 2.09 bits per heavy atom. The monoisotopic (exact) mass is 473 g/mol. The number of hydrogen-bond acceptors (Lipinski definition) is 5. The van der Waals surface area contributed by atoms with Crippen molar-refractivity contribution in [2.24, 2.45) is 0 Å². The minimum Gasteiger partial charge on any atom is -0.496 e. The lowest BCUT2D eigenvalue weighted by Gasteiger charge is -2.10. The highest BCUT2D eigenvalue weighted by atomic mass is 35.5. The highest BCUT2D eigenvalue weighted by Gasteiger charge is 2.25. The fraction of sp³-hybridized carbons (Fsp3) is 0.0769. The number of nitrogens with zero attached hydrogens (tertiary/aromatic N) is 3. The summed E-state index contributed by atoms with van der Waals surface area (Å²) < 4.78 is 13.0. The Kier molecular flexibility index (Phi) is 5.86. The van der Waals surface area contributed by atoms with Gasteiger partial charge < -0.3 is 9.47 Å². The number of thiazole rings is 1. The smallest absolute Gasteiger partial charge is 0.211 e. The lowest BCUT2D eigenvalue weighted by molar-refractivity contribution is 0.416. The van der Waals surface area contributed by atoms with Gasteiger partial charge in [-0.1, -0.05) is 66.2 Å². The molecular weight excluding hydrogens is 454 g/mol. The highest BCUT2D eigenvalue weighted by Crippen LogP contribution is 2.43. The van der Waals surface area contributed by atoms with Crippen LogP contribution in [0.4, 0.5) is 0 Å². The van der Waals surface area contributed by atoms with E-state index in [-0.39, 0.29) is 0 Å². The van der Waals surface area contributed by atoms with Gasteiger partial charge in [0.25, 0.3) is 0 Å². The number of benzene rings is 3. The van der Waals surface area contributed by atoms with E-state index in [9.17, 15) is 0 Å². The second kappa shape index (κ2) is 9.10. The van der Waals surface area contributed by atoms with Gasteiger partial charge in [0, 0.05) is 22.1 Å². The van der Waals surface area contributed by atoms with Crippen molar-refractivity contribution < 1.29 is 9.47 Å². The molecule has 0 atom stereocenters. The van der Waals surface area contributed by atoms with Crippen molar-refractivity contribution in [1.82, 2.24) is 14.8 Å². The molecule has 5 rings (SSSR count). The van der Waals surface area contributed by atoms with E-state index in [1.165, 1.54) is 11.3 Å². The van der Waals surface area contributed by atoms with Crippen LogP contribution in [0.5, 0.6) is 11.5 Å². The van der Waals surface area contributed by atoms with E-state index in [0.29, 0.717) is 33.0 Å². The minimum absolute atomic E-state index is 0.500. The average Bonchev–Trinajstić information content (AvgIpc) is 3.49. The van der Waals surface area contributed by atoms with Crippen molar-refractivity contribution in [3.8, 4) is 50.4 Å². The SMILES string of the molecule is COc1ccccc1-c1nn(-c2nc(-c3ccccc3)cs2)c(-c2ccccc2OC)c1Cl. The van der Waals surface area contributed by atoms with Gasteiger partial charge in [0.1, 0.15) is 17.2 Å². The molecule has 0 aliphatic heterocycles. The van der Waals surface area contributed by atoms with E-state index < -0.39 is 0 Å². The topological polar surface area (TPSA) is 49.2 Å². The van der Waals surface area contributed by atoms with Gasteiger partial charge in [-0.15, -0.1) is 11.3 Å². The molecule has 2 heterocycles. The normalized spacial score (nSPS) is 10.9. The van der Waals surface area contributed by atoms with Crippen molar-refractivity contribution >= 4 is 22.9 Å². The zero-order chi connectivity index (χ0) is 22.8. The molecule has 0 unspecified atom stereocenters. The Bertz CT molecular complexity index is 1410. The zero-order valence-corrected chi connectivity index (χ0v) is 19.6. The fourth-order valence-corrected chi connectivity index (χ4v) is 4.84. The maximum absolute atomic E-state index is 7.01. The molecular formula is C26H20ClN3O2S. The summed E-state index contributed by atoms with van der Waals surface area (Å²) in [6, 6.07) is 25.5. The lowest BCUT2D eigenvalue weighted by Crippen LogP contribution is -2.00. The maximum atomic E-state index is 7.01. The molecule has 0 fully saturated rings. The summed E-state index contributed by atoms with van der Waals surface area (Å²) in [6.07, 6.45) is 0. The van der Waals surface area contributed by atoms with Gasteiger partial charge in [-0.2, -0.15) is 5.10 Å². The molecule has 0 aliphatic carbocycles. The third-order valence-electron chi connectivity index (χ3n) is 5.29. The molecule has 0 spiro atoms. The minimum atomic E-state index is 0.500. The molecule has 33 heavy (non-hydrogen) atoms. The summed E-state index contributed by atoms with van der Waals surface area (Å²) in [6.45, 7) is 0. The summed E-state index contributed by atoms with van der Waals surface area (Å²) in [5.74, 6) is 1.40. The first-order chi connectivity index (χ1) is 16.2. The molecule has 0 aliphatic rings. The standard InChI is InChI=1S/C26H20ClN3O2S/c1-31-21-14-8-6-12-18(21)24-23(27)25(19-13-7-9-15-22(19)32-2)30(29-24)26-28-20(16-33-26)17-10-4-3-5-11-17/h3-16H,1-2H3. The van der Waals surface area contributed by atoms with E-state index in [4.69, 9.17) is 31.2 Å². The van der Waals surface area contributed by atoms with Crippen LogP contribution in [-0.2, 0) is 0 Å². The molecule has 2 aromatic heterocycles. The van der Waals surface area contributed by atoms with Crippen molar-refractivity contribution in [3.05, 3.63) is 89.3 Å². The number of rotatable bonds is 6. The third-order valence-corrected chi connectivity index (χ3v) is 6.47. The predicted octanol–water partition coefficient (Wildman–Crippen LogP) is 7.00. The summed E-state index contributed by atoms with van der Waals surface area (Å²) >= 11 is 8.52. The Morgan fingerprint density at radius 2 is 1.39 bits per heavy atom. The second-order valence-corrected chi connectivity index (χ2v) is 8.42. The van der Waals surface area contributed by atoms with E-state index in [2.05, 4.69) is 0 Å². The Hall–Kier alpha value is -3.61. The fourth-order valence-electron chi connectivity index (χ4n) is 3.73.